The molecule has 0 bridgehead atoms. The zero-order valence-electron chi connectivity index (χ0n) is 13.1. The fourth-order valence-corrected chi connectivity index (χ4v) is 3.44. The van der Waals surface area contributed by atoms with Gasteiger partial charge in [0.05, 0.1) is 0 Å². The van der Waals surface area contributed by atoms with Gasteiger partial charge in [0.2, 0.25) is 5.91 Å². The molecule has 0 N–H and O–H groups in total. The molecule has 3 rings (SSSR count). The topological polar surface area (TPSA) is 62.7 Å². The highest BCUT2D eigenvalue weighted by Crippen LogP contribution is 2.31. The van der Waals surface area contributed by atoms with E-state index in [9.17, 15) is 9.59 Å². The Labute approximate surface area is 143 Å². The molecule has 124 valence electrons. The number of rotatable bonds is 3. The van der Waals surface area contributed by atoms with Gasteiger partial charge in [0, 0.05) is 13.1 Å². The fourth-order valence-electron chi connectivity index (χ4n) is 3.14. The Morgan fingerprint density at radius 2 is 2.13 bits per heavy atom. The van der Waals surface area contributed by atoms with Crippen LogP contribution in [-0.2, 0) is 9.59 Å². The largest absolute Gasteiger partial charge is 0.480 e. The minimum absolute atomic E-state index is 0.00560. The van der Waals surface area contributed by atoms with E-state index in [1.165, 1.54) is 11.3 Å². The van der Waals surface area contributed by atoms with Crippen molar-refractivity contribution in [3.8, 4) is 5.75 Å². The standard InChI is InChI=1S/C16H20BrN3O3/c1-19(11-5-3-2-4-6-11)14(21)9-20-15(22)10-23-12-7-8-13(17)18-16(12)20/h7-8,11H,2-6,9-10H2,1H3. The first-order valence-electron chi connectivity index (χ1n) is 7.91. The first kappa shape index (κ1) is 16.2. The molecule has 1 fully saturated rings. The van der Waals surface area contributed by atoms with E-state index in [4.69, 9.17) is 4.74 Å². The van der Waals surface area contributed by atoms with Crippen LogP contribution in [0.1, 0.15) is 32.1 Å². The average Bonchev–Trinajstić information content (AvgIpc) is 2.57. The smallest absolute Gasteiger partial charge is 0.266 e. The van der Waals surface area contributed by atoms with Crippen LogP contribution < -0.4 is 9.64 Å². The molecule has 2 heterocycles. The Hall–Kier alpha value is -1.63. The maximum atomic E-state index is 12.6. The van der Waals surface area contributed by atoms with Crippen molar-refractivity contribution in [2.45, 2.75) is 38.1 Å². The summed E-state index contributed by atoms with van der Waals surface area (Å²) in [4.78, 5) is 32.3. The number of ether oxygens (including phenoxy) is 1. The van der Waals surface area contributed by atoms with Crippen molar-refractivity contribution in [1.82, 2.24) is 9.88 Å². The van der Waals surface area contributed by atoms with E-state index in [0.29, 0.717) is 16.2 Å². The predicted octanol–water partition coefficient (Wildman–Crippen LogP) is 2.36. The van der Waals surface area contributed by atoms with Crippen LogP contribution in [0.25, 0.3) is 0 Å². The molecule has 0 atom stereocenters. The van der Waals surface area contributed by atoms with Gasteiger partial charge in [-0.1, -0.05) is 19.3 Å². The molecule has 7 heteroatoms. The van der Waals surface area contributed by atoms with Crippen LogP contribution >= 0.6 is 15.9 Å². The number of nitrogens with zero attached hydrogens (tertiary/aromatic N) is 3. The summed E-state index contributed by atoms with van der Waals surface area (Å²) in [5.41, 5.74) is 0. The van der Waals surface area contributed by atoms with Crippen molar-refractivity contribution in [3.05, 3.63) is 16.7 Å². The number of halogens is 1. The van der Waals surface area contributed by atoms with Crippen molar-refractivity contribution in [2.24, 2.45) is 0 Å². The Morgan fingerprint density at radius 1 is 1.39 bits per heavy atom. The van der Waals surface area contributed by atoms with E-state index in [2.05, 4.69) is 20.9 Å². The minimum Gasteiger partial charge on any atom is -0.480 e. The summed E-state index contributed by atoms with van der Waals surface area (Å²) < 4.78 is 5.98. The molecule has 0 unspecified atom stereocenters. The number of likely N-dealkylation sites (N-methyl/N-ethyl adjacent to an activating group) is 1. The lowest BCUT2D eigenvalue weighted by atomic mass is 9.94. The molecule has 0 aromatic carbocycles. The fraction of sp³-hybridized carbons (Fsp3) is 0.562. The van der Waals surface area contributed by atoms with Gasteiger partial charge < -0.3 is 9.64 Å². The summed E-state index contributed by atoms with van der Waals surface area (Å²) >= 11 is 3.30. The van der Waals surface area contributed by atoms with E-state index in [-0.39, 0.29) is 31.0 Å². The molecule has 1 saturated carbocycles. The van der Waals surface area contributed by atoms with Gasteiger partial charge >= 0.3 is 0 Å². The molecule has 1 aromatic rings. The number of carbonyl (C=O) groups is 2. The maximum absolute atomic E-state index is 12.6. The summed E-state index contributed by atoms with van der Waals surface area (Å²) in [6.07, 6.45) is 5.65. The van der Waals surface area contributed by atoms with Crippen molar-refractivity contribution in [2.75, 3.05) is 25.1 Å². The number of amides is 2. The zero-order chi connectivity index (χ0) is 16.4. The molecular formula is C16H20BrN3O3. The lowest BCUT2D eigenvalue weighted by Gasteiger charge is -2.34. The molecule has 23 heavy (non-hydrogen) atoms. The SMILES string of the molecule is CN(C(=O)CN1C(=O)COc2ccc(Br)nc21)C1CCCCC1. The molecular weight excluding hydrogens is 362 g/mol. The van der Waals surface area contributed by atoms with Crippen LogP contribution in [0.3, 0.4) is 0 Å². The molecule has 1 aliphatic heterocycles. The highest BCUT2D eigenvalue weighted by Gasteiger charge is 2.31. The summed E-state index contributed by atoms with van der Waals surface area (Å²) in [5, 5.41) is 0. The summed E-state index contributed by atoms with van der Waals surface area (Å²) in [7, 11) is 1.83. The van der Waals surface area contributed by atoms with E-state index in [1.54, 1.807) is 17.0 Å². The lowest BCUT2D eigenvalue weighted by molar-refractivity contribution is -0.133. The highest BCUT2D eigenvalue weighted by atomic mass is 79.9. The minimum atomic E-state index is -0.242. The molecule has 2 aliphatic rings. The van der Waals surface area contributed by atoms with Gasteiger partial charge in [-0.05, 0) is 40.9 Å². The summed E-state index contributed by atoms with van der Waals surface area (Å²) in [6, 6.07) is 3.78. The zero-order valence-corrected chi connectivity index (χ0v) is 14.7. The molecule has 0 saturated heterocycles. The van der Waals surface area contributed by atoms with Crippen molar-refractivity contribution in [3.63, 3.8) is 0 Å². The van der Waals surface area contributed by atoms with Crippen molar-refractivity contribution >= 4 is 33.6 Å². The number of anilines is 1. The first-order chi connectivity index (χ1) is 11.1. The molecule has 1 aromatic heterocycles. The van der Waals surface area contributed by atoms with Gasteiger partial charge in [-0.15, -0.1) is 0 Å². The number of hydrogen-bond acceptors (Lipinski definition) is 4. The predicted molar refractivity (Wildman–Crippen MR) is 89.4 cm³/mol. The van der Waals surface area contributed by atoms with Crippen LogP contribution in [0.2, 0.25) is 0 Å². The second kappa shape index (κ2) is 6.86. The van der Waals surface area contributed by atoms with E-state index < -0.39 is 0 Å². The average molecular weight is 382 g/mol. The second-order valence-corrected chi connectivity index (χ2v) is 6.83. The first-order valence-corrected chi connectivity index (χ1v) is 8.71. The molecule has 6 nitrogen and oxygen atoms in total. The third-order valence-electron chi connectivity index (χ3n) is 4.52. The number of carbonyl (C=O) groups excluding carboxylic acids is 2. The molecule has 0 spiro atoms. The normalized spacial score (nSPS) is 18.3. The Balaban J connectivity index is 1.75. The highest BCUT2D eigenvalue weighted by molar-refractivity contribution is 9.10. The van der Waals surface area contributed by atoms with Gasteiger partial charge in [0.25, 0.3) is 5.91 Å². The van der Waals surface area contributed by atoms with Crippen LogP contribution in [0.4, 0.5) is 5.82 Å². The number of hydrogen-bond donors (Lipinski definition) is 0. The van der Waals surface area contributed by atoms with Crippen LogP contribution in [0.5, 0.6) is 5.75 Å². The van der Waals surface area contributed by atoms with Crippen LogP contribution in [-0.4, -0.2) is 47.9 Å². The maximum Gasteiger partial charge on any atom is 0.266 e. The van der Waals surface area contributed by atoms with Gasteiger partial charge in [0.1, 0.15) is 11.1 Å². The Kier molecular flexibility index (Phi) is 4.84. The lowest BCUT2D eigenvalue weighted by Crippen LogP contribution is -2.48. The van der Waals surface area contributed by atoms with Gasteiger partial charge in [0.15, 0.2) is 18.2 Å². The van der Waals surface area contributed by atoms with E-state index >= 15 is 0 Å². The molecule has 1 aliphatic carbocycles. The van der Waals surface area contributed by atoms with Crippen LogP contribution in [0.15, 0.2) is 16.7 Å². The van der Waals surface area contributed by atoms with Crippen LogP contribution in [0, 0.1) is 0 Å². The van der Waals surface area contributed by atoms with Gasteiger partial charge in [-0.3, -0.25) is 14.5 Å². The molecule has 0 radical (unpaired) electrons. The molecule has 2 amide bonds. The van der Waals surface area contributed by atoms with Gasteiger partial charge in [-0.25, -0.2) is 4.98 Å². The van der Waals surface area contributed by atoms with E-state index in [1.807, 2.05) is 7.05 Å². The number of pyridine rings is 1. The van der Waals surface area contributed by atoms with Crippen molar-refractivity contribution in [1.29, 1.82) is 0 Å². The number of aromatic nitrogens is 1. The van der Waals surface area contributed by atoms with Crippen molar-refractivity contribution < 1.29 is 14.3 Å². The Morgan fingerprint density at radius 3 is 2.87 bits per heavy atom. The second-order valence-electron chi connectivity index (χ2n) is 6.02. The quantitative estimate of drug-likeness (QED) is 0.753. The third-order valence-corrected chi connectivity index (χ3v) is 4.96. The van der Waals surface area contributed by atoms with E-state index in [0.717, 1.165) is 25.7 Å². The monoisotopic (exact) mass is 381 g/mol. The summed E-state index contributed by atoms with van der Waals surface area (Å²) in [6.45, 7) is -0.0532. The third kappa shape index (κ3) is 3.49. The van der Waals surface area contributed by atoms with Gasteiger partial charge in [-0.2, -0.15) is 0 Å². The Bertz CT molecular complexity index is 617. The number of fused-ring (bicyclic) bond motifs is 1. The summed E-state index contributed by atoms with van der Waals surface area (Å²) in [5.74, 6) is 0.635.